The molecule has 0 bridgehead atoms. The second kappa shape index (κ2) is 6.60. The number of carbonyl (C=O) groups is 1. The van der Waals surface area contributed by atoms with E-state index in [1.54, 1.807) is 0 Å². The van der Waals surface area contributed by atoms with Gasteiger partial charge < -0.3 is 10.2 Å². The highest BCUT2D eigenvalue weighted by Gasteiger charge is 2.39. The van der Waals surface area contributed by atoms with Crippen molar-refractivity contribution in [2.75, 3.05) is 45.5 Å². The molecule has 118 valence electrons. The fraction of sp³-hybridized carbons (Fsp3) is 0.917. The summed E-state index contributed by atoms with van der Waals surface area (Å²) in [7, 11) is -3.13. The van der Waals surface area contributed by atoms with Gasteiger partial charge in [-0.2, -0.15) is 4.31 Å². The molecule has 2 saturated heterocycles. The molecule has 0 radical (unpaired) electrons. The van der Waals surface area contributed by atoms with Crippen LogP contribution in [0.5, 0.6) is 0 Å². The summed E-state index contributed by atoms with van der Waals surface area (Å²) in [6, 6.07) is 0. The standard InChI is InChI=1S/C12H23N3O3S.ClH/c1-12(4-3-5-13-10-12)11(16)14-6-8-15(9-7-14)19(2,17)18;/h13H,3-10H2,1-2H3;1H. The predicted octanol–water partition coefficient (Wildman–Crippen LogP) is -0.0983. The van der Waals surface area contributed by atoms with Gasteiger partial charge in [-0.25, -0.2) is 8.42 Å². The lowest BCUT2D eigenvalue weighted by Gasteiger charge is -2.40. The lowest BCUT2D eigenvalue weighted by atomic mass is 9.81. The SMILES string of the molecule is CC1(C(=O)N2CCN(S(C)(=O)=O)CC2)CCCNC1.Cl. The first-order chi connectivity index (χ1) is 8.83. The van der Waals surface area contributed by atoms with Gasteiger partial charge in [0.2, 0.25) is 15.9 Å². The lowest BCUT2D eigenvalue weighted by Crippen LogP contribution is -2.56. The number of amides is 1. The molecular weight excluding hydrogens is 302 g/mol. The third-order valence-corrected chi connectivity index (χ3v) is 5.41. The van der Waals surface area contributed by atoms with Crippen LogP contribution in [0.1, 0.15) is 19.8 Å². The Morgan fingerprint density at radius 1 is 1.20 bits per heavy atom. The van der Waals surface area contributed by atoms with Crippen LogP contribution >= 0.6 is 12.4 Å². The minimum atomic E-state index is -3.13. The molecule has 1 amide bonds. The molecule has 8 heteroatoms. The Bertz CT molecular complexity index is 441. The van der Waals surface area contributed by atoms with E-state index in [1.165, 1.54) is 10.6 Å². The maximum Gasteiger partial charge on any atom is 0.229 e. The Morgan fingerprint density at radius 2 is 1.80 bits per heavy atom. The first-order valence-electron chi connectivity index (χ1n) is 6.78. The molecule has 2 heterocycles. The Kier molecular flexibility index (Phi) is 5.83. The second-order valence-corrected chi connectivity index (χ2v) is 7.78. The van der Waals surface area contributed by atoms with Gasteiger partial charge in [0.25, 0.3) is 0 Å². The minimum Gasteiger partial charge on any atom is -0.340 e. The van der Waals surface area contributed by atoms with E-state index < -0.39 is 10.0 Å². The van der Waals surface area contributed by atoms with Gasteiger partial charge >= 0.3 is 0 Å². The largest absolute Gasteiger partial charge is 0.340 e. The zero-order valence-corrected chi connectivity index (χ0v) is 13.7. The molecule has 1 unspecified atom stereocenters. The molecule has 0 aliphatic carbocycles. The highest BCUT2D eigenvalue weighted by molar-refractivity contribution is 7.88. The molecule has 0 aromatic carbocycles. The number of carbonyl (C=O) groups excluding carboxylic acids is 1. The van der Waals surface area contributed by atoms with E-state index >= 15 is 0 Å². The quantitative estimate of drug-likeness (QED) is 0.770. The molecule has 0 spiro atoms. The summed E-state index contributed by atoms with van der Waals surface area (Å²) in [6.07, 6.45) is 3.15. The van der Waals surface area contributed by atoms with Crippen molar-refractivity contribution in [1.82, 2.24) is 14.5 Å². The van der Waals surface area contributed by atoms with Crippen LogP contribution in [0.15, 0.2) is 0 Å². The first kappa shape index (κ1) is 17.7. The van der Waals surface area contributed by atoms with Crippen molar-refractivity contribution < 1.29 is 13.2 Å². The van der Waals surface area contributed by atoms with Gasteiger partial charge in [0.05, 0.1) is 11.7 Å². The maximum absolute atomic E-state index is 12.5. The molecule has 2 rings (SSSR count). The summed E-state index contributed by atoms with van der Waals surface area (Å²) in [6.45, 7) is 5.53. The number of piperidine rings is 1. The summed E-state index contributed by atoms with van der Waals surface area (Å²) in [5, 5.41) is 3.27. The number of nitrogens with zero attached hydrogens (tertiary/aromatic N) is 2. The molecule has 2 fully saturated rings. The van der Waals surface area contributed by atoms with Crippen molar-refractivity contribution in [2.24, 2.45) is 5.41 Å². The van der Waals surface area contributed by atoms with E-state index in [4.69, 9.17) is 0 Å². The average Bonchev–Trinajstić information content (AvgIpc) is 2.38. The summed E-state index contributed by atoms with van der Waals surface area (Å²) < 4.78 is 24.3. The number of piperazine rings is 1. The second-order valence-electron chi connectivity index (χ2n) is 5.80. The number of sulfonamides is 1. The summed E-state index contributed by atoms with van der Waals surface area (Å²) in [5.74, 6) is 0.160. The van der Waals surface area contributed by atoms with Crippen molar-refractivity contribution in [2.45, 2.75) is 19.8 Å². The Balaban J connectivity index is 0.00000200. The van der Waals surface area contributed by atoms with Gasteiger partial charge in [0.1, 0.15) is 0 Å². The van der Waals surface area contributed by atoms with E-state index in [1.807, 2.05) is 11.8 Å². The van der Waals surface area contributed by atoms with Crippen molar-refractivity contribution in [3.63, 3.8) is 0 Å². The van der Waals surface area contributed by atoms with Gasteiger partial charge in [0, 0.05) is 32.7 Å². The molecule has 2 aliphatic rings. The molecule has 20 heavy (non-hydrogen) atoms. The normalized spacial score (nSPS) is 28.8. The van der Waals surface area contributed by atoms with Crippen LogP contribution in [0.2, 0.25) is 0 Å². The van der Waals surface area contributed by atoms with Gasteiger partial charge in [-0.3, -0.25) is 4.79 Å². The third-order valence-electron chi connectivity index (χ3n) is 4.11. The van der Waals surface area contributed by atoms with Crippen LogP contribution in [-0.2, 0) is 14.8 Å². The van der Waals surface area contributed by atoms with E-state index in [0.29, 0.717) is 26.2 Å². The zero-order valence-electron chi connectivity index (χ0n) is 12.1. The first-order valence-corrected chi connectivity index (χ1v) is 8.63. The number of halogens is 1. The summed E-state index contributed by atoms with van der Waals surface area (Å²) in [5.41, 5.74) is -0.328. The molecule has 1 atom stereocenters. The number of rotatable bonds is 2. The predicted molar refractivity (Wildman–Crippen MR) is 80.5 cm³/mol. The van der Waals surface area contributed by atoms with E-state index in [2.05, 4.69) is 5.32 Å². The van der Waals surface area contributed by atoms with Gasteiger partial charge in [0.15, 0.2) is 0 Å². The van der Waals surface area contributed by atoms with Gasteiger partial charge in [-0.15, -0.1) is 12.4 Å². The smallest absolute Gasteiger partial charge is 0.229 e. The molecule has 0 aromatic rings. The topological polar surface area (TPSA) is 69.7 Å². The monoisotopic (exact) mass is 325 g/mol. The zero-order chi connectivity index (χ0) is 14.1. The van der Waals surface area contributed by atoms with Crippen molar-refractivity contribution >= 4 is 28.3 Å². The lowest BCUT2D eigenvalue weighted by molar-refractivity contribution is -0.143. The molecule has 0 aromatic heterocycles. The van der Waals surface area contributed by atoms with Crippen LogP contribution < -0.4 is 5.32 Å². The molecule has 2 aliphatic heterocycles. The van der Waals surface area contributed by atoms with E-state index in [9.17, 15) is 13.2 Å². The van der Waals surface area contributed by atoms with Gasteiger partial charge in [-0.05, 0) is 26.3 Å². The fourth-order valence-corrected chi connectivity index (χ4v) is 3.67. The van der Waals surface area contributed by atoms with Crippen LogP contribution in [0.25, 0.3) is 0 Å². The Hall–Kier alpha value is -0.370. The van der Waals surface area contributed by atoms with Crippen molar-refractivity contribution in [1.29, 1.82) is 0 Å². The van der Waals surface area contributed by atoms with Crippen LogP contribution in [0.3, 0.4) is 0 Å². The summed E-state index contributed by atoms with van der Waals surface area (Å²) >= 11 is 0. The molecule has 6 nitrogen and oxygen atoms in total. The summed E-state index contributed by atoms with van der Waals surface area (Å²) in [4.78, 5) is 14.4. The molecule has 1 N–H and O–H groups in total. The van der Waals surface area contributed by atoms with Crippen LogP contribution in [0, 0.1) is 5.41 Å². The van der Waals surface area contributed by atoms with Crippen LogP contribution in [-0.4, -0.2) is 69.1 Å². The van der Waals surface area contributed by atoms with Crippen molar-refractivity contribution in [3.8, 4) is 0 Å². The van der Waals surface area contributed by atoms with Crippen molar-refractivity contribution in [3.05, 3.63) is 0 Å². The highest BCUT2D eigenvalue weighted by Crippen LogP contribution is 2.28. The fourth-order valence-electron chi connectivity index (χ4n) is 2.84. The average molecular weight is 326 g/mol. The van der Waals surface area contributed by atoms with Crippen LogP contribution in [0.4, 0.5) is 0 Å². The minimum absolute atomic E-state index is 0. The number of hydrogen-bond acceptors (Lipinski definition) is 4. The highest BCUT2D eigenvalue weighted by atomic mass is 35.5. The number of hydrogen-bond donors (Lipinski definition) is 1. The maximum atomic E-state index is 12.5. The van der Waals surface area contributed by atoms with E-state index in [0.717, 1.165) is 25.9 Å². The Morgan fingerprint density at radius 3 is 2.25 bits per heavy atom. The third kappa shape index (κ3) is 3.84. The molecule has 0 saturated carbocycles. The number of nitrogens with one attached hydrogen (secondary N) is 1. The Labute approximate surface area is 127 Å². The molecular formula is C12H24ClN3O3S. The van der Waals surface area contributed by atoms with E-state index in [-0.39, 0.29) is 23.7 Å². The van der Waals surface area contributed by atoms with Gasteiger partial charge in [-0.1, -0.05) is 0 Å².